The van der Waals surface area contributed by atoms with E-state index in [0.29, 0.717) is 31.5 Å². The molecular weight excluding hydrogens is 176 g/mol. The highest BCUT2D eigenvalue weighted by atomic mass is 14.9. The fraction of sp³-hybridized carbons (Fsp3) is 0.900. The summed E-state index contributed by atoms with van der Waals surface area (Å²) >= 11 is 0. The summed E-state index contributed by atoms with van der Waals surface area (Å²) < 4.78 is 0. The second-order valence-corrected chi connectivity index (χ2v) is 3.71. The molecule has 0 aliphatic rings. The SMILES string of the molecule is CC(CN)CC(CCN)NCCC#N. The van der Waals surface area contributed by atoms with E-state index in [1.165, 1.54) is 0 Å². The van der Waals surface area contributed by atoms with Crippen LogP contribution in [0.3, 0.4) is 0 Å². The third-order valence-corrected chi connectivity index (χ3v) is 2.27. The predicted octanol–water partition coefficient (Wildman–Crippen LogP) is 0.192. The Bertz CT molecular complexity index is 164. The van der Waals surface area contributed by atoms with Gasteiger partial charge in [0.1, 0.15) is 0 Å². The average molecular weight is 198 g/mol. The van der Waals surface area contributed by atoms with Crippen molar-refractivity contribution < 1.29 is 0 Å². The van der Waals surface area contributed by atoms with Crippen LogP contribution in [0.4, 0.5) is 0 Å². The number of nitrogens with one attached hydrogen (secondary N) is 1. The maximum Gasteiger partial charge on any atom is 0.0635 e. The van der Waals surface area contributed by atoms with Crippen LogP contribution in [0.15, 0.2) is 0 Å². The Morgan fingerprint density at radius 1 is 1.43 bits per heavy atom. The zero-order valence-electron chi connectivity index (χ0n) is 9.00. The Balaban J connectivity index is 3.71. The van der Waals surface area contributed by atoms with Crippen molar-refractivity contribution >= 4 is 0 Å². The minimum Gasteiger partial charge on any atom is -0.330 e. The van der Waals surface area contributed by atoms with Gasteiger partial charge in [-0.2, -0.15) is 5.26 Å². The second-order valence-electron chi connectivity index (χ2n) is 3.71. The van der Waals surface area contributed by atoms with Gasteiger partial charge in [-0.15, -0.1) is 0 Å². The van der Waals surface area contributed by atoms with Crippen LogP contribution in [0.25, 0.3) is 0 Å². The maximum absolute atomic E-state index is 8.40. The van der Waals surface area contributed by atoms with E-state index in [0.717, 1.165) is 19.4 Å². The number of nitriles is 1. The summed E-state index contributed by atoms with van der Waals surface area (Å²) in [4.78, 5) is 0. The summed E-state index contributed by atoms with van der Waals surface area (Å²) in [5.74, 6) is 0.515. The Kier molecular flexibility index (Phi) is 8.54. The van der Waals surface area contributed by atoms with Crippen LogP contribution in [-0.4, -0.2) is 25.7 Å². The summed E-state index contributed by atoms with van der Waals surface area (Å²) in [6, 6.07) is 2.52. The molecule has 0 saturated heterocycles. The van der Waals surface area contributed by atoms with E-state index >= 15 is 0 Å². The molecule has 14 heavy (non-hydrogen) atoms. The number of hydrogen-bond donors (Lipinski definition) is 3. The topological polar surface area (TPSA) is 87.9 Å². The van der Waals surface area contributed by atoms with E-state index in [1.807, 2.05) is 0 Å². The highest BCUT2D eigenvalue weighted by molar-refractivity contribution is 4.75. The van der Waals surface area contributed by atoms with Gasteiger partial charge < -0.3 is 16.8 Å². The zero-order chi connectivity index (χ0) is 10.8. The standard InChI is InChI=1S/C10H22N4/c1-9(8-13)7-10(3-5-12)14-6-2-4-11/h9-10,14H,2-3,5-8,12-13H2,1H3. The molecule has 2 atom stereocenters. The van der Waals surface area contributed by atoms with E-state index in [2.05, 4.69) is 18.3 Å². The first-order valence-corrected chi connectivity index (χ1v) is 5.25. The molecule has 0 bridgehead atoms. The highest BCUT2D eigenvalue weighted by Crippen LogP contribution is 2.06. The van der Waals surface area contributed by atoms with Gasteiger partial charge in [0.2, 0.25) is 0 Å². The van der Waals surface area contributed by atoms with Crippen molar-refractivity contribution in [1.82, 2.24) is 5.32 Å². The van der Waals surface area contributed by atoms with Gasteiger partial charge >= 0.3 is 0 Å². The van der Waals surface area contributed by atoms with Gasteiger partial charge in [-0.3, -0.25) is 0 Å². The Morgan fingerprint density at radius 2 is 2.14 bits per heavy atom. The lowest BCUT2D eigenvalue weighted by Gasteiger charge is -2.20. The quantitative estimate of drug-likeness (QED) is 0.486. The molecule has 0 heterocycles. The lowest BCUT2D eigenvalue weighted by atomic mass is 9.99. The van der Waals surface area contributed by atoms with Crippen LogP contribution >= 0.6 is 0 Å². The Hall–Kier alpha value is -0.630. The molecule has 0 rings (SSSR count). The lowest BCUT2D eigenvalue weighted by molar-refractivity contribution is 0.393. The molecule has 0 aliphatic carbocycles. The molecule has 0 aromatic rings. The van der Waals surface area contributed by atoms with Crippen LogP contribution < -0.4 is 16.8 Å². The molecule has 5 N–H and O–H groups in total. The van der Waals surface area contributed by atoms with Gasteiger partial charge in [0.15, 0.2) is 0 Å². The van der Waals surface area contributed by atoms with E-state index in [9.17, 15) is 0 Å². The van der Waals surface area contributed by atoms with Crippen molar-refractivity contribution in [2.45, 2.75) is 32.2 Å². The molecule has 0 spiro atoms. The first-order chi connectivity index (χ1) is 6.74. The van der Waals surface area contributed by atoms with Crippen molar-refractivity contribution in [1.29, 1.82) is 5.26 Å². The Morgan fingerprint density at radius 3 is 2.64 bits per heavy atom. The molecule has 0 fully saturated rings. The van der Waals surface area contributed by atoms with E-state index in [1.54, 1.807) is 0 Å². The molecule has 0 aliphatic heterocycles. The first-order valence-electron chi connectivity index (χ1n) is 5.25. The van der Waals surface area contributed by atoms with Crippen LogP contribution in [0, 0.1) is 17.2 Å². The monoisotopic (exact) mass is 198 g/mol. The molecular formula is C10H22N4. The van der Waals surface area contributed by atoms with Crippen molar-refractivity contribution in [3.8, 4) is 6.07 Å². The fourth-order valence-electron chi connectivity index (χ4n) is 1.42. The minimum atomic E-state index is 0.409. The third-order valence-electron chi connectivity index (χ3n) is 2.27. The van der Waals surface area contributed by atoms with Gasteiger partial charge in [-0.25, -0.2) is 0 Å². The van der Waals surface area contributed by atoms with Crippen molar-refractivity contribution in [3.63, 3.8) is 0 Å². The summed E-state index contributed by atoms with van der Waals surface area (Å²) in [7, 11) is 0. The van der Waals surface area contributed by atoms with Crippen molar-refractivity contribution in [3.05, 3.63) is 0 Å². The maximum atomic E-state index is 8.40. The normalized spacial score (nSPS) is 14.7. The van der Waals surface area contributed by atoms with Crippen molar-refractivity contribution in [2.75, 3.05) is 19.6 Å². The van der Waals surface area contributed by atoms with Gasteiger partial charge in [0.05, 0.1) is 6.07 Å². The molecule has 4 heteroatoms. The van der Waals surface area contributed by atoms with E-state index < -0.39 is 0 Å². The van der Waals surface area contributed by atoms with E-state index in [4.69, 9.17) is 16.7 Å². The predicted molar refractivity (Wildman–Crippen MR) is 58.5 cm³/mol. The summed E-state index contributed by atoms with van der Waals surface area (Å²) in [6.45, 7) is 4.27. The summed E-state index contributed by atoms with van der Waals surface area (Å²) in [5, 5.41) is 11.7. The number of nitrogens with two attached hydrogens (primary N) is 2. The molecule has 0 radical (unpaired) electrons. The molecule has 0 saturated carbocycles. The van der Waals surface area contributed by atoms with Crippen LogP contribution in [0.1, 0.15) is 26.2 Å². The van der Waals surface area contributed by atoms with Gasteiger partial charge in [0, 0.05) is 19.0 Å². The third kappa shape index (κ3) is 6.84. The van der Waals surface area contributed by atoms with Crippen LogP contribution in [-0.2, 0) is 0 Å². The first kappa shape index (κ1) is 13.4. The largest absolute Gasteiger partial charge is 0.330 e. The second kappa shape index (κ2) is 8.95. The molecule has 0 aromatic heterocycles. The van der Waals surface area contributed by atoms with Crippen LogP contribution in [0.2, 0.25) is 0 Å². The molecule has 2 unspecified atom stereocenters. The average Bonchev–Trinajstić information content (AvgIpc) is 2.18. The molecule has 0 amide bonds. The molecule has 82 valence electrons. The van der Waals surface area contributed by atoms with Gasteiger partial charge in [-0.1, -0.05) is 6.92 Å². The van der Waals surface area contributed by atoms with Gasteiger partial charge in [-0.05, 0) is 31.8 Å². The molecule has 4 nitrogen and oxygen atoms in total. The summed E-state index contributed by atoms with van der Waals surface area (Å²) in [5.41, 5.74) is 11.1. The van der Waals surface area contributed by atoms with E-state index in [-0.39, 0.29) is 0 Å². The van der Waals surface area contributed by atoms with Crippen molar-refractivity contribution in [2.24, 2.45) is 17.4 Å². The number of nitrogens with zero attached hydrogens (tertiary/aromatic N) is 1. The lowest BCUT2D eigenvalue weighted by Crippen LogP contribution is -2.34. The van der Waals surface area contributed by atoms with Crippen LogP contribution in [0.5, 0.6) is 0 Å². The number of hydrogen-bond acceptors (Lipinski definition) is 4. The highest BCUT2D eigenvalue weighted by Gasteiger charge is 2.10. The number of rotatable bonds is 8. The zero-order valence-corrected chi connectivity index (χ0v) is 9.00. The molecule has 0 aromatic carbocycles. The summed E-state index contributed by atoms with van der Waals surface area (Å²) in [6.07, 6.45) is 2.55. The minimum absolute atomic E-state index is 0.409. The smallest absolute Gasteiger partial charge is 0.0635 e. The fourth-order valence-corrected chi connectivity index (χ4v) is 1.42. The Labute approximate surface area is 86.6 Å². The van der Waals surface area contributed by atoms with Gasteiger partial charge in [0.25, 0.3) is 0 Å².